The Labute approximate surface area is 109 Å². The topological polar surface area (TPSA) is 44.1 Å². The normalized spacial score (nSPS) is 10.9. The van der Waals surface area contributed by atoms with Crippen LogP contribution in [0.15, 0.2) is 18.2 Å². The number of carbonyl (C=O) groups excluding carboxylic acids is 1. The van der Waals surface area contributed by atoms with Gasteiger partial charge >= 0.3 is 5.91 Å². The Morgan fingerprint density at radius 3 is 2.50 bits per heavy atom. The van der Waals surface area contributed by atoms with Crippen molar-refractivity contribution >= 4 is 5.91 Å². The summed E-state index contributed by atoms with van der Waals surface area (Å²) in [6.07, 6.45) is 0. The predicted octanol–water partition coefficient (Wildman–Crippen LogP) is 2.77. The van der Waals surface area contributed by atoms with Crippen LogP contribution < -0.4 is 0 Å². The summed E-state index contributed by atoms with van der Waals surface area (Å²) in [5, 5.41) is 8.60. The fraction of sp³-hybridized carbons (Fsp3) is 0.467. The Morgan fingerprint density at radius 1 is 1.39 bits per heavy atom. The molecule has 0 atom stereocenters. The van der Waals surface area contributed by atoms with E-state index in [9.17, 15) is 4.79 Å². The Balaban J connectivity index is 3.03. The molecule has 1 aromatic rings. The molecule has 0 saturated heterocycles. The van der Waals surface area contributed by atoms with Crippen LogP contribution in [0.1, 0.15) is 37.5 Å². The highest BCUT2D eigenvalue weighted by atomic mass is 16.2. The average Bonchev–Trinajstić information content (AvgIpc) is 2.29. The van der Waals surface area contributed by atoms with Crippen LogP contribution in [-0.2, 0) is 16.8 Å². The molecule has 0 saturated carbocycles. The maximum atomic E-state index is 11.3. The first kappa shape index (κ1) is 14.2. The van der Waals surface area contributed by atoms with Crippen LogP contribution in [-0.4, -0.2) is 17.9 Å². The maximum absolute atomic E-state index is 11.3. The second kappa shape index (κ2) is 5.22. The second-order valence-corrected chi connectivity index (χ2v) is 5.66. The van der Waals surface area contributed by atoms with E-state index in [2.05, 4.69) is 39.0 Å². The molecule has 0 aliphatic rings. The van der Waals surface area contributed by atoms with Crippen molar-refractivity contribution in [2.75, 3.05) is 7.05 Å². The number of amides is 1. The van der Waals surface area contributed by atoms with Crippen molar-refractivity contribution in [2.45, 2.75) is 39.7 Å². The lowest BCUT2D eigenvalue weighted by molar-refractivity contribution is -0.124. The number of aryl methyl sites for hydroxylation is 1. The molecule has 0 aliphatic carbocycles. The zero-order chi connectivity index (χ0) is 13.9. The van der Waals surface area contributed by atoms with Crippen LogP contribution in [0.5, 0.6) is 0 Å². The summed E-state index contributed by atoms with van der Waals surface area (Å²) in [6, 6.07) is 7.94. The molecular formula is C15H20N2O. The van der Waals surface area contributed by atoms with Gasteiger partial charge in [0.25, 0.3) is 0 Å². The third kappa shape index (κ3) is 3.33. The van der Waals surface area contributed by atoms with Crippen molar-refractivity contribution in [3.63, 3.8) is 0 Å². The molecule has 1 amide bonds. The van der Waals surface area contributed by atoms with Crippen molar-refractivity contribution in [2.24, 2.45) is 0 Å². The Kier molecular flexibility index (Phi) is 4.13. The van der Waals surface area contributed by atoms with Gasteiger partial charge in [-0.1, -0.05) is 39.0 Å². The predicted molar refractivity (Wildman–Crippen MR) is 72.0 cm³/mol. The third-order valence-electron chi connectivity index (χ3n) is 3.07. The molecule has 96 valence electrons. The van der Waals surface area contributed by atoms with E-state index in [0.717, 1.165) is 11.1 Å². The maximum Gasteiger partial charge on any atom is 0.325 e. The zero-order valence-corrected chi connectivity index (χ0v) is 11.7. The molecule has 0 aromatic heterocycles. The number of carbonyl (C=O) groups is 1. The Morgan fingerprint density at radius 2 is 2.00 bits per heavy atom. The van der Waals surface area contributed by atoms with Gasteiger partial charge in [0.1, 0.15) is 0 Å². The van der Waals surface area contributed by atoms with Crippen molar-refractivity contribution < 1.29 is 4.79 Å². The molecule has 0 unspecified atom stereocenters. The van der Waals surface area contributed by atoms with Gasteiger partial charge in [0, 0.05) is 13.6 Å². The van der Waals surface area contributed by atoms with E-state index in [0.29, 0.717) is 6.54 Å². The van der Waals surface area contributed by atoms with Gasteiger partial charge in [0.15, 0.2) is 6.07 Å². The number of rotatable bonds is 2. The van der Waals surface area contributed by atoms with E-state index >= 15 is 0 Å². The van der Waals surface area contributed by atoms with Crippen molar-refractivity contribution in [3.8, 4) is 6.07 Å². The highest BCUT2D eigenvalue weighted by molar-refractivity contribution is 5.90. The largest absolute Gasteiger partial charge is 0.329 e. The number of hydrogen-bond donors (Lipinski definition) is 0. The molecule has 0 spiro atoms. The Hall–Kier alpha value is -1.82. The fourth-order valence-electron chi connectivity index (χ4n) is 1.72. The van der Waals surface area contributed by atoms with Crippen molar-refractivity contribution in [1.82, 2.24) is 4.90 Å². The van der Waals surface area contributed by atoms with Gasteiger partial charge in [-0.15, -0.1) is 0 Å². The summed E-state index contributed by atoms with van der Waals surface area (Å²) in [7, 11) is 1.65. The molecule has 3 heteroatoms. The van der Waals surface area contributed by atoms with Gasteiger partial charge in [0.05, 0.1) is 0 Å². The van der Waals surface area contributed by atoms with Gasteiger partial charge in [-0.25, -0.2) is 0 Å². The van der Waals surface area contributed by atoms with E-state index in [4.69, 9.17) is 5.26 Å². The summed E-state index contributed by atoms with van der Waals surface area (Å²) in [5.41, 5.74) is 3.55. The lowest BCUT2D eigenvalue weighted by Crippen LogP contribution is -2.25. The summed E-state index contributed by atoms with van der Waals surface area (Å²) in [4.78, 5) is 12.7. The molecular weight excluding hydrogens is 224 g/mol. The molecule has 1 rings (SSSR count). The number of benzene rings is 1. The number of nitrogens with zero attached hydrogens (tertiary/aromatic N) is 2. The van der Waals surface area contributed by atoms with Crippen molar-refractivity contribution in [3.05, 3.63) is 34.9 Å². The standard InChI is InChI=1S/C15H20N2O/c1-11-6-7-13(15(2,3)4)8-12(11)10-17(5)14(18)9-16/h6-8H,10H2,1-5H3. The van der Waals surface area contributed by atoms with Gasteiger partial charge in [-0.2, -0.15) is 5.26 Å². The minimum Gasteiger partial charge on any atom is -0.329 e. The smallest absolute Gasteiger partial charge is 0.325 e. The number of nitriles is 1. The first-order valence-corrected chi connectivity index (χ1v) is 6.01. The molecule has 0 bridgehead atoms. The molecule has 0 fully saturated rings. The van der Waals surface area contributed by atoms with Crippen LogP contribution in [0.25, 0.3) is 0 Å². The molecule has 3 nitrogen and oxygen atoms in total. The first-order chi connectivity index (χ1) is 8.25. The van der Waals surface area contributed by atoms with Crippen LogP contribution in [0.2, 0.25) is 0 Å². The summed E-state index contributed by atoms with van der Waals surface area (Å²) in [6.45, 7) is 8.97. The van der Waals surface area contributed by atoms with Crippen LogP contribution >= 0.6 is 0 Å². The van der Waals surface area contributed by atoms with E-state index in [1.54, 1.807) is 13.1 Å². The highest BCUT2D eigenvalue weighted by Crippen LogP contribution is 2.24. The summed E-state index contributed by atoms with van der Waals surface area (Å²) < 4.78 is 0. The molecule has 18 heavy (non-hydrogen) atoms. The van der Waals surface area contributed by atoms with Crippen LogP contribution in [0, 0.1) is 18.3 Å². The summed E-state index contributed by atoms with van der Waals surface area (Å²) >= 11 is 0. The zero-order valence-electron chi connectivity index (χ0n) is 11.7. The Bertz CT molecular complexity index is 492. The molecule has 0 N–H and O–H groups in total. The second-order valence-electron chi connectivity index (χ2n) is 5.66. The minimum atomic E-state index is -0.504. The van der Waals surface area contributed by atoms with E-state index in [-0.39, 0.29) is 5.41 Å². The van der Waals surface area contributed by atoms with Crippen LogP contribution in [0.4, 0.5) is 0 Å². The van der Waals surface area contributed by atoms with E-state index in [1.165, 1.54) is 10.5 Å². The molecule has 0 heterocycles. The third-order valence-corrected chi connectivity index (χ3v) is 3.07. The molecule has 1 aromatic carbocycles. The average molecular weight is 244 g/mol. The van der Waals surface area contributed by atoms with Crippen LogP contribution in [0.3, 0.4) is 0 Å². The highest BCUT2D eigenvalue weighted by Gasteiger charge is 2.16. The first-order valence-electron chi connectivity index (χ1n) is 6.01. The molecule has 0 radical (unpaired) electrons. The monoisotopic (exact) mass is 244 g/mol. The van der Waals surface area contributed by atoms with Gasteiger partial charge in [0.2, 0.25) is 0 Å². The quantitative estimate of drug-likeness (QED) is 0.751. The van der Waals surface area contributed by atoms with Gasteiger partial charge in [-0.05, 0) is 29.0 Å². The molecule has 0 aliphatic heterocycles. The lowest BCUT2D eigenvalue weighted by Gasteiger charge is -2.22. The number of hydrogen-bond acceptors (Lipinski definition) is 2. The van der Waals surface area contributed by atoms with Gasteiger partial charge < -0.3 is 4.90 Å². The lowest BCUT2D eigenvalue weighted by atomic mass is 9.85. The van der Waals surface area contributed by atoms with E-state index in [1.807, 2.05) is 6.92 Å². The minimum absolute atomic E-state index is 0.0836. The summed E-state index contributed by atoms with van der Waals surface area (Å²) in [5.74, 6) is -0.504. The SMILES string of the molecule is Cc1ccc(C(C)(C)C)cc1CN(C)C(=O)C#N. The van der Waals surface area contributed by atoms with Gasteiger partial charge in [-0.3, -0.25) is 4.79 Å². The van der Waals surface area contributed by atoms with Crippen molar-refractivity contribution in [1.29, 1.82) is 5.26 Å². The fourth-order valence-corrected chi connectivity index (χ4v) is 1.72. The van der Waals surface area contributed by atoms with E-state index < -0.39 is 5.91 Å².